The van der Waals surface area contributed by atoms with Crippen molar-refractivity contribution in [3.05, 3.63) is 70.0 Å². The van der Waals surface area contributed by atoms with Crippen LogP contribution in [0.15, 0.2) is 53.3 Å². The first-order valence-electron chi connectivity index (χ1n) is 17.8. The highest BCUT2D eigenvalue weighted by atomic mass is 19.4. The Morgan fingerprint density at radius 3 is 1.96 bits per heavy atom. The van der Waals surface area contributed by atoms with E-state index in [4.69, 9.17) is 48.1 Å². The molecule has 2 heterocycles. The molecule has 1 aromatic heterocycles. The number of hydrogen-bond acceptors (Lipinski definition) is 13. The minimum atomic E-state index is -4.62. The van der Waals surface area contributed by atoms with Crippen LogP contribution in [-0.4, -0.2) is 139 Å². The van der Waals surface area contributed by atoms with Crippen molar-refractivity contribution in [2.45, 2.75) is 30.7 Å². The number of hydrogen-bond donors (Lipinski definition) is 4. The number of aromatic amines is 1. The lowest BCUT2D eigenvalue weighted by Gasteiger charge is -2.19. The van der Waals surface area contributed by atoms with E-state index in [-0.39, 0.29) is 102 Å². The number of fused-ring (bicyclic) bond motifs is 1. The summed E-state index contributed by atoms with van der Waals surface area (Å²) in [5.41, 5.74) is -1.12. The van der Waals surface area contributed by atoms with Crippen LogP contribution in [0.5, 0.6) is 0 Å². The third-order valence-electron chi connectivity index (χ3n) is 8.21. The number of nitrogens with one attached hydrogen (secondary N) is 2. The summed E-state index contributed by atoms with van der Waals surface area (Å²) in [6.45, 7) is 2.15. The zero-order valence-corrected chi connectivity index (χ0v) is 30.2. The largest absolute Gasteiger partial charge is 0.508 e. The van der Waals surface area contributed by atoms with Gasteiger partial charge in [0.25, 0.3) is 5.56 Å². The standard InChI is InChI=1S/C37H47F3N2O13/c38-37(39,40)32-4-2-1-3-29(32)33-20-26-6-5-25(19-30(26)35(46)42-33)31-21-27(41-34(31)45)22-54-36(47)55-28(23-52-17-15-50-13-11-48-9-7-43)24-53-18-16-51-14-12-49-10-8-44/h1-6,19-20,27-28,31,43-44H,7-18,21-24H2,(H,41,45)(H,42,46)/t27?,31-/m0/s1. The monoisotopic (exact) mass is 784 g/mol. The van der Waals surface area contributed by atoms with E-state index < -0.39 is 41.5 Å². The van der Waals surface area contributed by atoms with Crippen molar-refractivity contribution >= 4 is 22.8 Å². The summed E-state index contributed by atoms with van der Waals surface area (Å²) in [6.07, 6.45) is -6.24. The highest BCUT2D eigenvalue weighted by Crippen LogP contribution is 2.37. The first-order chi connectivity index (χ1) is 26.6. The number of amides is 1. The Morgan fingerprint density at radius 1 is 0.782 bits per heavy atom. The molecule has 1 aliphatic heterocycles. The quantitative estimate of drug-likeness (QED) is 0.0725. The number of aromatic nitrogens is 1. The molecule has 1 unspecified atom stereocenters. The van der Waals surface area contributed by atoms with Crippen LogP contribution >= 0.6 is 0 Å². The number of rotatable bonds is 25. The lowest BCUT2D eigenvalue weighted by atomic mass is 9.93. The van der Waals surface area contributed by atoms with E-state index in [2.05, 4.69) is 10.3 Å². The molecule has 0 bridgehead atoms. The van der Waals surface area contributed by atoms with E-state index in [1.807, 2.05) is 0 Å². The molecule has 304 valence electrons. The van der Waals surface area contributed by atoms with Crippen LogP contribution in [0.1, 0.15) is 23.5 Å². The fourth-order valence-electron chi connectivity index (χ4n) is 5.65. The molecule has 1 fully saturated rings. The molecule has 2 atom stereocenters. The highest BCUT2D eigenvalue weighted by molar-refractivity contribution is 5.90. The third-order valence-corrected chi connectivity index (χ3v) is 8.21. The summed E-state index contributed by atoms with van der Waals surface area (Å²) in [5.74, 6) is -1.03. The van der Waals surface area contributed by atoms with Gasteiger partial charge in [-0.3, -0.25) is 9.59 Å². The molecule has 4 N–H and O–H groups in total. The molecule has 18 heteroatoms. The average molecular weight is 785 g/mol. The van der Waals surface area contributed by atoms with Crippen LogP contribution in [0.25, 0.3) is 22.0 Å². The van der Waals surface area contributed by atoms with Gasteiger partial charge in [-0.2, -0.15) is 13.2 Å². The second-order valence-electron chi connectivity index (χ2n) is 12.2. The molecule has 15 nitrogen and oxygen atoms in total. The van der Waals surface area contributed by atoms with Gasteiger partial charge in [0.15, 0.2) is 6.10 Å². The number of aliphatic hydroxyl groups is 2. The number of aliphatic hydroxyl groups excluding tert-OH is 2. The SMILES string of the molecule is O=C(OCC1C[C@@H](c2ccc3cc(-c4ccccc4C(F)(F)F)[nH]c(=O)c3c2)C(=O)N1)OC(COCCOCCOCCO)COCCOCCOCCO. The maximum atomic E-state index is 13.6. The number of benzene rings is 2. The fourth-order valence-corrected chi connectivity index (χ4v) is 5.65. The number of carbonyl (C=O) groups excluding carboxylic acids is 2. The van der Waals surface area contributed by atoms with Gasteiger partial charge < -0.3 is 58.4 Å². The topological polar surface area (TPSA) is 193 Å². The minimum absolute atomic E-state index is 0.0119. The zero-order valence-electron chi connectivity index (χ0n) is 30.2. The zero-order chi connectivity index (χ0) is 39.5. The van der Waals surface area contributed by atoms with Crippen LogP contribution in [-0.2, 0) is 48.9 Å². The average Bonchev–Trinajstić information content (AvgIpc) is 3.55. The van der Waals surface area contributed by atoms with Gasteiger partial charge in [-0.15, -0.1) is 0 Å². The van der Waals surface area contributed by atoms with Crippen molar-refractivity contribution < 1.29 is 70.9 Å². The van der Waals surface area contributed by atoms with E-state index in [1.54, 1.807) is 12.1 Å². The second kappa shape index (κ2) is 23.1. The van der Waals surface area contributed by atoms with Crippen molar-refractivity contribution in [2.24, 2.45) is 0 Å². The molecule has 1 amide bonds. The number of H-pyrrole nitrogens is 1. The van der Waals surface area contributed by atoms with E-state index in [1.165, 1.54) is 30.3 Å². The number of pyridine rings is 1. The first kappa shape index (κ1) is 43.6. The van der Waals surface area contributed by atoms with Gasteiger partial charge in [-0.05, 0) is 35.6 Å². The smallest absolute Gasteiger partial charge is 0.432 e. The van der Waals surface area contributed by atoms with E-state index >= 15 is 0 Å². The van der Waals surface area contributed by atoms with Gasteiger partial charge in [0, 0.05) is 16.6 Å². The molecule has 1 saturated heterocycles. The van der Waals surface area contributed by atoms with Crippen molar-refractivity contribution in [1.29, 1.82) is 0 Å². The Hall–Kier alpha value is -4.14. The van der Waals surface area contributed by atoms with Gasteiger partial charge in [-0.25, -0.2) is 4.79 Å². The minimum Gasteiger partial charge on any atom is -0.432 e. The summed E-state index contributed by atoms with van der Waals surface area (Å²) in [4.78, 5) is 41.2. The maximum absolute atomic E-state index is 13.6. The molecule has 0 saturated carbocycles. The molecule has 0 aliphatic carbocycles. The lowest BCUT2D eigenvalue weighted by Crippen LogP contribution is -2.34. The van der Waals surface area contributed by atoms with Gasteiger partial charge in [0.2, 0.25) is 5.91 Å². The maximum Gasteiger partial charge on any atom is 0.508 e. The van der Waals surface area contributed by atoms with Crippen molar-refractivity contribution in [3.63, 3.8) is 0 Å². The Balaban J connectivity index is 1.27. The highest BCUT2D eigenvalue weighted by Gasteiger charge is 2.35. The molecule has 1 aliphatic rings. The van der Waals surface area contributed by atoms with Crippen molar-refractivity contribution in [3.8, 4) is 11.3 Å². The summed E-state index contributed by atoms with van der Waals surface area (Å²) >= 11 is 0. The predicted molar refractivity (Wildman–Crippen MR) is 190 cm³/mol. The lowest BCUT2D eigenvalue weighted by molar-refractivity contribution is -0.137. The summed E-state index contributed by atoms with van der Waals surface area (Å²) < 4.78 is 83.8. The van der Waals surface area contributed by atoms with Crippen molar-refractivity contribution in [2.75, 3.05) is 99.1 Å². The third kappa shape index (κ3) is 14.5. The normalized spacial score (nSPS) is 15.9. The van der Waals surface area contributed by atoms with Crippen LogP contribution in [0, 0.1) is 0 Å². The van der Waals surface area contributed by atoms with Gasteiger partial charge in [0.05, 0.1) is 110 Å². The fraction of sp³-hybridized carbons (Fsp3) is 0.541. The van der Waals surface area contributed by atoms with Crippen LogP contribution in [0.3, 0.4) is 0 Å². The summed E-state index contributed by atoms with van der Waals surface area (Å²) in [7, 11) is 0. The number of carbonyl (C=O) groups is 2. The van der Waals surface area contributed by atoms with Crippen molar-refractivity contribution in [1.82, 2.24) is 10.3 Å². The number of ether oxygens (including phenoxy) is 8. The Labute approximate surface area is 314 Å². The van der Waals surface area contributed by atoms with Crippen LogP contribution in [0.4, 0.5) is 18.0 Å². The molecule has 2 aromatic carbocycles. The molecule has 4 rings (SSSR count). The Bertz CT molecular complexity index is 1670. The molecule has 55 heavy (non-hydrogen) atoms. The predicted octanol–water partition coefficient (Wildman–Crippen LogP) is 2.79. The molecule has 0 radical (unpaired) electrons. The van der Waals surface area contributed by atoms with E-state index in [0.29, 0.717) is 37.4 Å². The molecular weight excluding hydrogens is 737 g/mol. The molecule has 3 aromatic rings. The molecular formula is C37H47F3N2O13. The Kier molecular flexibility index (Phi) is 18.3. The second-order valence-corrected chi connectivity index (χ2v) is 12.2. The number of alkyl halides is 3. The molecule has 0 spiro atoms. The van der Waals surface area contributed by atoms with Gasteiger partial charge in [-0.1, -0.05) is 30.3 Å². The van der Waals surface area contributed by atoms with E-state index in [9.17, 15) is 27.6 Å². The van der Waals surface area contributed by atoms with Gasteiger partial charge in [0.1, 0.15) is 6.61 Å². The Morgan fingerprint density at radius 2 is 1.36 bits per heavy atom. The summed E-state index contributed by atoms with van der Waals surface area (Å²) in [5, 5.41) is 20.8. The van der Waals surface area contributed by atoms with Crippen LogP contribution < -0.4 is 10.9 Å². The van der Waals surface area contributed by atoms with E-state index in [0.717, 1.165) is 6.07 Å². The first-order valence-corrected chi connectivity index (χ1v) is 17.8. The summed E-state index contributed by atoms with van der Waals surface area (Å²) in [6, 6.07) is 10.6. The number of halogens is 3. The van der Waals surface area contributed by atoms with Gasteiger partial charge >= 0.3 is 12.3 Å². The van der Waals surface area contributed by atoms with Crippen LogP contribution in [0.2, 0.25) is 0 Å².